The van der Waals surface area contributed by atoms with Crippen LogP contribution in [0.5, 0.6) is 17.2 Å². The van der Waals surface area contributed by atoms with E-state index < -0.39 is 22.0 Å². The Kier molecular flexibility index (Phi) is 6.94. The molecule has 33 heavy (non-hydrogen) atoms. The summed E-state index contributed by atoms with van der Waals surface area (Å²) in [4.78, 5) is 13.1. The molecule has 2 heterocycles. The smallest absolute Gasteiger partial charge is 0.322 e. The lowest BCUT2D eigenvalue weighted by Crippen LogP contribution is -2.45. The molecule has 1 aliphatic rings. The van der Waals surface area contributed by atoms with E-state index in [1.54, 1.807) is 30.3 Å². The van der Waals surface area contributed by atoms with Crippen molar-refractivity contribution in [1.82, 2.24) is 4.31 Å². The van der Waals surface area contributed by atoms with E-state index in [4.69, 9.17) is 14.2 Å². The normalized spacial score (nSPS) is 13.8. The number of benzene rings is 2. The van der Waals surface area contributed by atoms with Crippen molar-refractivity contribution < 1.29 is 32.5 Å². The maximum Gasteiger partial charge on any atom is 0.322 e. The third-order valence-corrected chi connectivity index (χ3v) is 8.61. The number of rotatable bonds is 9. The second-order valence-electron chi connectivity index (χ2n) is 7.18. The summed E-state index contributed by atoms with van der Waals surface area (Å²) in [7, 11) is -2.70. The minimum absolute atomic E-state index is 0.0194. The number of carbonyl (C=O) groups is 1. The van der Waals surface area contributed by atoms with Crippen LogP contribution in [0.15, 0.2) is 63.3 Å². The van der Waals surface area contributed by atoms with E-state index in [1.165, 1.54) is 42.7 Å². The zero-order valence-corrected chi connectivity index (χ0v) is 20.7. The van der Waals surface area contributed by atoms with Crippen LogP contribution in [0.4, 0.5) is 0 Å². The van der Waals surface area contributed by atoms with Gasteiger partial charge in [0.05, 0.1) is 15.8 Å². The van der Waals surface area contributed by atoms with Gasteiger partial charge in [-0.25, -0.2) is 8.42 Å². The Morgan fingerprint density at radius 2 is 1.88 bits per heavy atom. The van der Waals surface area contributed by atoms with Crippen LogP contribution in [0, 0.1) is 0 Å². The molecule has 1 N–H and O–H groups in total. The fourth-order valence-electron chi connectivity index (χ4n) is 3.43. The first-order valence-electron chi connectivity index (χ1n) is 9.79. The SMILES string of the molecule is COc1ccc(S(=O)(=O)N(Cc2ccc3c(c2)OCO3)[C@H](Cc2ccc(Br)s2)C(=O)O)cc1. The van der Waals surface area contributed by atoms with E-state index >= 15 is 0 Å². The number of thiophene rings is 1. The molecule has 0 saturated heterocycles. The van der Waals surface area contributed by atoms with Crippen LogP contribution in [0.1, 0.15) is 10.4 Å². The Balaban J connectivity index is 1.74. The van der Waals surface area contributed by atoms with Gasteiger partial charge in [-0.15, -0.1) is 11.3 Å². The van der Waals surface area contributed by atoms with Crippen molar-refractivity contribution in [3.8, 4) is 17.2 Å². The summed E-state index contributed by atoms with van der Waals surface area (Å²) in [6.07, 6.45) is 0.0194. The topological polar surface area (TPSA) is 102 Å². The van der Waals surface area contributed by atoms with E-state index in [9.17, 15) is 18.3 Å². The van der Waals surface area contributed by atoms with Crippen LogP contribution in [0.2, 0.25) is 0 Å². The fraction of sp³-hybridized carbons (Fsp3) is 0.227. The van der Waals surface area contributed by atoms with Crippen LogP contribution < -0.4 is 14.2 Å². The minimum Gasteiger partial charge on any atom is -0.497 e. The highest BCUT2D eigenvalue weighted by molar-refractivity contribution is 9.11. The monoisotopic (exact) mass is 553 g/mol. The number of aliphatic carboxylic acids is 1. The van der Waals surface area contributed by atoms with Crippen LogP contribution in [-0.4, -0.2) is 43.7 Å². The molecule has 1 aromatic heterocycles. The summed E-state index contributed by atoms with van der Waals surface area (Å²) in [5, 5.41) is 10.1. The molecule has 3 aromatic rings. The van der Waals surface area contributed by atoms with E-state index in [0.29, 0.717) is 22.8 Å². The summed E-state index contributed by atoms with van der Waals surface area (Å²) >= 11 is 4.73. The molecule has 174 valence electrons. The summed E-state index contributed by atoms with van der Waals surface area (Å²) in [6.45, 7) is -0.0772. The molecule has 0 unspecified atom stereocenters. The number of carboxylic acid groups (broad SMARTS) is 1. The zero-order chi connectivity index (χ0) is 23.6. The summed E-state index contributed by atoms with van der Waals surface area (Å²) in [5.74, 6) is 0.303. The number of nitrogens with zero attached hydrogens (tertiary/aromatic N) is 1. The van der Waals surface area contributed by atoms with Gasteiger partial charge in [0.25, 0.3) is 0 Å². The molecule has 1 aliphatic heterocycles. The Bertz CT molecular complexity index is 1260. The lowest BCUT2D eigenvalue weighted by molar-refractivity contribution is -0.141. The molecule has 0 aliphatic carbocycles. The number of hydrogen-bond donors (Lipinski definition) is 1. The highest BCUT2D eigenvalue weighted by atomic mass is 79.9. The predicted octanol–water partition coefficient (Wildman–Crippen LogP) is 4.13. The number of sulfonamides is 1. The van der Waals surface area contributed by atoms with Crippen molar-refractivity contribution in [2.24, 2.45) is 0 Å². The molecule has 0 spiro atoms. The number of hydrogen-bond acceptors (Lipinski definition) is 7. The van der Waals surface area contributed by atoms with Gasteiger partial charge in [-0.3, -0.25) is 4.79 Å². The standard InChI is InChI=1S/C22H20BrNO7S2/c1-29-15-3-6-17(7-4-15)33(27,28)24(12-14-2-8-19-20(10-14)31-13-30-19)18(22(25)26)11-16-5-9-21(23)32-16/h2-10,18H,11-13H2,1H3,(H,25,26)/t18-/m1/s1. The molecule has 0 fully saturated rings. The van der Waals surface area contributed by atoms with E-state index in [0.717, 1.165) is 13.0 Å². The Labute approximate surface area is 203 Å². The van der Waals surface area contributed by atoms with Crippen LogP contribution in [0.3, 0.4) is 0 Å². The average Bonchev–Trinajstić information content (AvgIpc) is 3.44. The quantitative estimate of drug-likeness (QED) is 0.424. The molecular weight excluding hydrogens is 534 g/mol. The second-order valence-corrected chi connectivity index (χ2v) is 11.6. The number of halogens is 1. The van der Waals surface area contributed by atoms with E-state index in [1.807, 2.05) is 0 Å². The molecule has 0 saturated carbocycles. The van der Waals surface area contributed by atoms with Gasteiger partial charge in [0.2, 0.25) is 16.8 Å². The molecule has 1 atom stereocenters. The number of ether oxygens (including phenoxy) is 3. The number of fused-ring (bicyclic) bond motifs is 1. The van der Waals surface area contributed by atoms with Gasteiger partial charge in [-0.05, 0) is 70.0 Å². The van der Waals surface area contributed by atoms with Crippen molar-refractivity contribution in [3.05, 3.63) is 68.8 Å². The van der Waals surface area contributed by atoms with Crippen LogP contribution in [-0.2, 0) is 27.8 Å². The predicted molar refractivity (Wildman–Crippen MR) is 125 cm³/mol. The number of carboxylic acids is 1. The zero-order valence-electron chi connectivity index (χ0n) is 17.4. The molecule has 11 heteroatoms. The van der Waals surface area contributed by atoms with Gasteiger partial charge >= 0.3 is 5.97 Å². The number of methoxy groups -OCH3 is 1. The van der Waals surface area contributed by atoms with Crippen molar-refractivity contribution in [2.45, 2.75) is 23.9 Å². The first kappa shape index (κ1) is 23.6. The molecule has 0 amide bonds. The van der Waals surface area contributed by atoms with Gasteiger partial charge in [0, 0.05) is 17.8 Å². The van der Waals surface area contributed by atoms with E-state index in [2.05, 4.69) is 15.9 Å². The largest absolute Gasteiger partial charge is 0.497 e. The van der Waals surface area contributed by atoms with E-state index in [-0.39, 0.29) is 24.7 Å². The highest BCUT2D eigenvalue weighted by Gasteiger charge is 2.37. The molecule has 4 rings (SSSR count). The molecule has 0 radical (unpaired) electrons. The molecular formula is C22H20BrNO7S2. The maximum absolute atomic E-state index is 13.7. The summed E-state index contributed by atoms with van der Waals surface area (Å²) < 4.78 is 45.0. The second kappa shape index (κ2) is 9.72. The molecule has 2 aromatic carbocycles. The fourth-order valence-corrected chi connectivity index (χ4v) is 6.52. The van der Waals surface area contributed by atoms with Gasteiger partial charge < -0.3 is 19.3 Å². The third-order valence-electron chi connectivity index (χ3n) is 5.10. The Morgan fingerprint density at radius 1 is 1.15 bits per heavy atom. The Hall–Kier alpha value is -2.60. The third kappa shape index (κ3) is 5.16. The van der Waals surface area contributed by atoms with Crippen molar-refractivity contribution in [3.63, 3.8) is 0 Å². The maximum atomic E-state index is 13.7. The van der Waals surface area contributed by atoms with Gasteiger partial charge in [-0.1, -0.05) is 6.07 Å². The van der Waals surface area contributed by atoms with Gasteiger partial charge in [-0.2, -0.15) is 4.31 Å². The van der Waals surface area contributed by atoms with Gasteiger partial charge in [0.15, 0.2) is 11.5 Å². The Morgan fingerprint density at radius 3 is 2.52 bits per heavy atom. The molecule has 8 nitrogen and oxygen atoms in total. The summed E-state index contributed by atoms with van der Waals surface area (Å²) in [5.41, 5.74) is 0.579. The van der Waals surface area contributed by atoms with Crippen molar-refractivity contribution in [2.75, 3.05) is 13.9 Å². The first-order valence-corrected chi connectivity index (χ1v) is 12.8. The van der Waals surface area contributed by atoms with Crippen molar-refractivity contribution >= 4 is 43.3 Å². The first-order chi connectivity index (χ1) is 15.8. The minimum atomic E-state index is -4.18. The molecule has 0 bridgehead atoms. The van der Waals surface area contributed by atoms with Gasteiger partial charge in [0.1, 0.15) is 11.8 Å². The average molecular weight is 554 g/mol. The van der Waals surface area contributed by atoms with Crippen LogP contribution in [0.25, 0.3) is 0 Å². The summed E-state index contributed by atoms with van der Waals surface area (Å²) in [6, 6.07) is 13.2. The van der Waals surface area contributed by atoms with Crippen LogP contribution >= 0.6 is 27.3 Å². The lowest BCUT2D eigenvalue weighted by atomic mass is 10.1. The lowest BCUT2D eigenvalue weighted by Gasteiger charge is -2.28. The highest BCUT2D eigenvalue weighted by Crippen LogP contribution is 2.34. The van der Waals surface area contributed by atoms with Crippen molar-refractivity contribution in [1.29, 1.82) is 0 Å².